The fourth-order valence-electron chi connectivity index (χ4n) is 3.07. The fourth-order valence-corrected chi connectivity index (χ4v) is 3.37. The summed E-state index contributed by atoms with van der Waals surface area (Å²) in [6.45, 7) is 1.76. The minimum Gasteiger partial charge on any atom is -0.461 e. The molecule has 29 heavy (non-hydrogen) atoms. The molecule has 1 amide bonds. The van der Waals surface area contributed by atoms with Crippen LogP contribution in [0.2, 0.25) is 10.0 Å². The largest absolute Gasteiger partial charge is 0.461 e. The summed E-state index contributed by atoms with van der Waals surface area (Å²) in [5, 5.41) is 3.82. The van der Waals surface area contributed by atoms with Crippen molar-refractivity contribution in [3.05, 3.63) is 100 Å². The number of hydrogen-bond donors (Lipinski definition) is 1. The molecule has 0 unspecified atom stereocenters. The average Bonchev–Trinajstić information content (AvgIpc) is 3.13. The molecule has 0 spiro atoms. The lowest BCUT2D eigenvalue weighted by Gasteiger charge is -2.06. The maximum absolute atomic E-state index is 12.7. The Hall–Kier alpha value is -3.01. The molecule has 0 aliphatic carbocycles. The Morgan fingerprint density at radius 3 is 2.14 bits per heavy atom. The van der Waals surface area contributed by atoms with Crippen LogP contribution < -0.4 is 5.32 Å². The van der Waals surface area contributed by atoms with Crippen LogP contribution in [0.25, 0.3) is 22.5 Å². The molecule has 1 heterocycles. The lowest BCUT2D eigenvalue weighted by Crippen LogP contribution is -2.11. The van der Waals surface area contributed by atoms with E-state index >= 15 is 0 Å². The molecule has 3 aromatic carbocycles. The number of nitrogens with one attached hydrogen (secondary N) is 1. The topological polar surface area (TPSA) is 42.2 Å². The van der Waals surface area contributed by atoms with Gasteiger partial charge in [-0.3, -0.25) is 4.79 Å². The van der Waals surface area contributed by atoms with Gasteiger partial charge < -0.3 is 9.73 Å². The van der Waals surface area contributed by atoms with Gasteiger partial charge in [-0.1, -0.05) is 65.7 Å². The molecule has 4 rings (SSSR count). The smallest absolute Gasteiger partial charge is 0.259 e. The van der Waals surface area contributed by atoms with E-state index in [4.69, 9.17) is 27.6 Å². The van der Waals surface area contributed by atoms with Gasteiger partial charge in [0.25, 0.3) is 5.91 Å². The average molecular weight is 422 g/mol. The number of aryl methyl sites for hydroxylation is 1. The number of hydrogen-bond acceptors (Lipinski definition) is 2. The van der Waals surface area contributed by atoms with Crippen molar-refractivity contribution in [2.75, 3.05) is 5.32 Å². The summed E-state index contributed by atoms with van der Waals surface area (Å²) in [6, 6.07) is 24.7. The number of furan rings is 1. The maximum Gasteiger partial charge on any atom is 0.259 e. The molecule has 0 saturated heterocycles. The Bertz CT molecular complexity index is 1170. The lowest BCUT2D eigenvalue weighted by molar-refractivity contribution is 0.102. The van der Waals surface area contributed by atoms with Crippen LogP contribution in [0.15, 0.2) is 83.3 Å². The summed E-state index contributed by atoms with van der Waals surface area (Å²) in [5.41, 5.74) is 4.16. The minimum absolute atomic E-state index is 0.231. The van der Waals surface area contributed by atoms with Gasteiger partial charge in [-0.25, -0.2) is 0 Å². The normalized spacial score (nSPS) is 10.7. The first kappa shape index (κ1) is 19.3. The van der Waals surface area contributed by atoms with Crippen LogP contribution in [0.3, 0.4) is 0 Å². The molecule has 0 saturated carbocycles. The molecular formula is C24H17Cl2NO2. The van der Waals surface area contributed by atoms with Crippen LogP contribution in [0, 0.1) is 6.92 Å². The molecule has 144 valence electrons. The van der Waals surface area contributed by atoms with Crippen LogP contribution >= 0.6 is 23.2 Å². The predicted molar refractivity (Wildman–Crippen MR) is 119 cm³/mol. The first-order chi connectivity index (χ1) is 14.0. The second-order valence-corrected chi connectivity index (χ2v) is 7.42. The number of anilines is 1. The van der Waals surface area contributed by atoms with Crippen LogP contribution in [0.1, 0.15) is 16.1 Å². The highest BCUT2D eigenvalue weighted by molar-refractivity contribution is 6.42. The zero-order chi connectivity index (χ0) is 20.4. The Kier molecular flexibility index (Phi) is 5.43. The number of rotatable bonds is 4. The number of carbonyl (C=O) groups is 1. The van der Waals surface area contributed by atoms with Gasteiger partial charge in [0, 0.05) is 11.3 Å². The lowest BCUT2D eigenvalue weighted by atomic mass is 10.1. The van der Waals surface area contributed by atoms with E-state index in [2.05, 4.69) is 5.32 Å². The fraction of sp³-hybridized carbons (Fsp3) is 0.0417. The summed E-state index contributed by atoms with van der Waals surface area (Å²) in [6.07, 6.45) is 0. The predicted octanol–water partition coefficient (Wildman–Crippen LogP) is 7.48. The third-order valence-electron chi connectivity index (χ3n) is 4.62. The number of carbonyl (C=O) groups excluding carboxylic acids is 1. The Balaban J connectivity index is 1.53. The summed E-state index contributed by atoms with van der Waals surface area (Å²) in [4.78, 5) is 12.7. The first-order valence-corrected chi connectivity index (χ1v) is 9.79. The maximum atomic E-state index is 12.7. The molecule has 3 nitrogen and oxygen atoms in total. The first-order valence-electron chi connectivity index (χ1n) is 9.04. The van der Waals surface area contributed by atoms with Gasteiger partial charge in [0.1, 0.15) is 11.5 Å². The number of amides is 1. The second kappa shape index (κ2) is 8.16. The van der Waals surface area contributed by atoms with Crippen LogP contribution in [0.5, 0.6) is 0 Å². The van der Waals surface area contributed by atoms with E-state index < -0.39 is 0 Å². The van der Waals surface area contributed by atoms with Crippen molar-refractivity contribution >= 4 is 34.8 Å². The quantitative estimate of drug-likeness (QED) is 0.370. The molecule has 0 radical (unpaired) electrons. The van der Waals surface area contributed by atoms with Crippen molar-refractivity contribution < 1.29 is 9.21 Å². The number of benzene rings is 3. The molecule has 5 heteroatoms. The molecule has 4 aromatic rings. The van der Waals surface area contributed by atoms with Gasteiger partial charge in [-0.05, 0) is 54.4 Å². The van der Waals surface area contributed by atoms with Crippen LogP contribution in [-0.4, -0.2) is 5.91 Å². The summed E-state index contributed by atoms with van der Waals surface area (Å²) in [5.74, 6) is 0.861. The summed E-state index contributed by atoms with van der Waals surface area (Å²) >= 11 is 12.1. The van der Waals surface area contributed by atoms with Crippen molar-refractivity contribution in [3.8, 4) is 22.5 Å². The highest BCUT2D eigenvalue weighted by atomic mass is 35.5. The molecule has 1 N–H and O–H groups in total. The molecule has 0 fully saturated rings. The Morgan fingerprint density at radius 2 is 1.45 bits per heavy atom. The molecule has 1 aromatic heterocycles. The highest BCUT2D eigenvalue weighted by Crippen LogP contribution is 2.31. The third kappa shape index (κ3) is 4.21. The molecule has 0 aliphatic heterocycles. The zero-order valence-electron chi connectivity index (χ0n) is 15.6. The third-order valence-corrected chi connectivity index (χ3v) is 5.36. The summed E-state index contributed by atoms with van der Waals surface area (Å²) < 4.78 is 5.77. The highest BCUT2D eigenvalue weighted by Gasteiger charge is 2.17. The van der Waals surface area contributed by atoms with E-state index in [-0.39, 0.29) is 5.91 Å². The van der Waals surface area contributed by atoms with Gasteiger partial charge in [0.05, 0.1) is 15.6 Å². The Labute approximate surface area is 178 Å². The second-order valence-electron chi connectivity index (χ2n) is 6.61. The standard InChI is InChI=1S/C24H17Cl2NO2/c1-15-20(14-23(29-15)18-9-12-21(25)22(26)13-18)24(28)27-19-10-7-17(8-11-19)16-5-3-2-4-6-16/h2-14H,1H3,(H,27,28). The van der Waals surface area contributed by atoms with E-state index in [0.29, 0.717) is 32.8 Å². The van der Waals surface area contributed by atoms with E-state index in [9.17, 15) is 4.79 Å². The number of halogens is 2. The molecule has 0 bridgehead atoms. The zero-order valence-corrected chi connectivity index (χ0v) is 17.1. The van der Waals surface area contributed by atoms with Gasteiger partial charge in [0.15, 0.2) is 0 Å². The van der Waals surface area contributed by atoms with Crippen molar-refractivity contribution in [2.45, 2.75) is 6.92 Å². The SMILES string of the molecule is Cc1oc(-c2ccc(Cl)c(Cl)c2)cc1C(=O)Nc1ccc(-c2ccccc2)cc1. The van der Waals surface area contributed by atoms with Crippen LogP contribution in [0.4, 0.5) is 5.69 Å². The van der Waals surface area contributed by atoms with Crippen molar-refractivity contribution in [1.82, 2.24) is 0 Å². The Morgan fingerprint density at radius 1 is 0.793 bits per heavy atom. The van der Waals surface area contributed by atoms with Gasteiger partial charge in [-0.2, -0.15) is 0 Å². The molecular weight excluding hydrogens is 405 g/mol. The van der Waals surface area contributed by atoms with Crippen molar-refractivity contribution in [3.63, 3.8) is 0 Å². The van der Waals surface area contributed by atoms with E-state index in [1.54, 1.807) is 31.2 Å². The van der Waals surface area contributed by atoms with Crippen LogP contribution in [-0.2, 0) is 0 Å². The molecule has 0 aliphatic rings. The van der Waals surface area contributed by atoms with E-state index in [1.165, 1.54) is 0 Å². The van der Waals surface area contributed by atoms with E-state index in [1.807, 2.05) is 54.6 Å². The molecule has 0 atom stereocenters. The van der Waals surface area contributed by atoms with Gasteiger partial charge >= 0.3 is 0 Å². The van der Waals surface area contributed by atoms with Gasteiger partial charge in [-0.15, -0.1) is 0 Å². The van der Waals surface area contributed by atoms with Crippen molar-refractivity contribution in [2.24, 2.45) is 0 Å². The van der Waals surface area contributed by atoms with Gasteiger partial charge in [0.2, 0.25) is 0 Å². The van der Waals surface area contributed by atoms with Crippen molar-refractivity contribution in [1.29, 1.82) is 0 Å². The summed E-state index contributed by atoms with van der Waals surface area (Å²) in [7, 11) is 0. The minimum atomic E-state index is -0.231. The van der Waals surface area contributed by atoms with E-state index in [0.717, 1.165) is 16.7 Å². The monoisotopic (exact) mass is 421 g/mol.